The second-order valence-electron chi connectivity index (χ2n) is 9.05. The molecular formula is C25H31NO7. The Morgan fingerprint density at radius 1 is 1.09 bits per heavy atom. The molecule has 3 aliphatic heterocycles. The third-order valence-electron chi connectivity index (χ3n) is 7.06. The third-order valence-corrected chi connectivity index (χ3v) is 7.06. The standard InChI is InChI=1S/C25H31NO7/c1-2-16-12-18-22(14-21(16)33-25(28)26-6-10-29-11-7-26)32-15-19(24(18)27)17-4-5-20-23(13-17)31-9-3-8-30-20/h4-5,13,15-16,18,21-22H,2-3,6-12,14H2,1H3. The topological polar surface area (TPSA) is 83.5 Å². The lowest BCUT2D eigenvalue weighted by Gasteiger charge is -2.42. The van der Waals surface area contributed by atoms with Crippen LogP contribution in [0.1, 0.15) is 38.2 Å². The lowest BCUT2D eigenvalue weighted by Crippen LogP contribution is -2.48. The van der Waals surface area contributed by atoms with E-state index in [9.17, 15) is 9.59 Å². The van der Waals surface area contributed by atoms with E-state index in [1.54, 1.807) is 11.2 Å². The quantitative estimate of drug-likeness (QED) is 0.688. The number of carbonyl (C=O) groups excluding carboxylic acids is 2. The van der Waals surface area contributed by atoms with Crippen LogP contribution < -0.4 is 9.47 Å². The van der Waals surface area contributed by atoms with Gasteiger partial charge >= 0.3 is 6.09 Å². The second kappa shape index (κ2) is 9.63. The number of hydrogen-bond acceptors (Lipinski definition) is 7. The third kappa shape index (κ3) is 4.53. The number of benzene rings is 1. The monoisotopic (exact) mass is 457 g/mol. The first kappa shape index (κ1) is 22.1. The lowest BCUT2D eigenvalue weighted by atomic mass is 9.72. The van der Waals surface area contributed by atoms with Crippen LogP contribution in [-0.4, -0.2) is 68.5 Å². The van der Waals surface area contributed by atoms with E-state index in [0.717, 1.165) is 18.4 Å². The number of amides is 1. The number of hydrogen-bond donors (Lipinski definition) is 0. The Labute approximate surface area is 193 Å². The van der Waals surface area contributed by atoms with Gasteiger partial charge in [-0.15, -0.1) is 0 Å². The molecule has 0 aromatic heterocycles. The highest BCUT2D eigenvalue weighted by Gasteiger charge is 2.45. The predicted molar refractivity (Wildman–Crippen MR) is 119 cm³/mol. The van der Waals surface area contributed by atoms with Gasteiger partial charge in [-0.25, -0.2) is 4.79 Å². The van der Waals surface area contributed by atoms with Crippen molar-refractivity contribution in [2.75, 3.05) is 39.5 Å². The summed E-state index contributed by atoms with van der Waals surface area (Å²) < 4.78 is 28.8. The molecule has 8 nitrogen and oxygen atoms in total. The highest BCUT2D eigenvalue weighted by Crippen LogP contribution is 2.42. The van der Waals surface area contributed by atoms with Gasteiger partial charge in [0.1, 0.15) is 12.2 Å². The second-order valence-corrected chi connectivity index (χ2v) is 9.05. The number of morpholine rings is 1. The minimum Gasteiger partial charge on any atom is -0.496 e. The molecule has 4 aliphatic rings. The van der Waals surface area contributed by atoms with Gasteiger partial charge in [-0.3, -0.25) is 4.79 Å². The van der Waals surface area contributed by atoms with E-state index in [4.69, 9.17) is 23.7 Å². The summed E-state index contributed by atoms with van der Waals surface area (Å²) in [4.78, 5) is 27.8. The summed E-state index contributed by atoms with van der Waals surface area (Å²) in [5.74, 6) is 1.31. The fraction of sp³-hybridized carbons (Fsp3) is 0.600. The molecular weight excluding hydrogens is 426 g/mol. The molecule has 33 heavy (non-hydrogen) atoms. The first-order chi connectivity index (χ1) is 16.1. The van der Waals surface area contributed by atoms with E-state index in [1.165, 1.54) is 0 Å². The summed E-state index contributed by atoms with van der Waals surface area (Å²) in [6.07, 6.45) is 3.55. The van der Waals surface area contributed by atoms with Gasteiger partial charge in [0, 0.05) is 25.9 Å². The van der Waals surface area contributed by atoms with E-state index in [2.05, 4.69) is 6.92 Å². The fourth-order valence-corrected chi connectivity index (χ4v) is 5.12. The number of allylic oxidation sites excluding steroid dienone is 1. The molecule has 2 fully saturated rings. The molecule has 3 heterocycles. The Bertz CT molecular complexity index is 923. The van der Waals surface area contributed by atoms with Crippen LogP contribution in [0.4, 0.5) is 4.79 Å². The van der Waals surface area contributed by atoms with Crippen molar-refractivity contribution < 1.29 is 33.3 Å². The van der Waals surface area contributed by atoms with Gasteiger partial charge < -0.3 is 28.6 Å². The SMILES string of the molecule is CCC1CC2C(=O)C(c3ccc4c(c3)OCCCO4)=COC2CC1OC(=O)N1CCOCC1. The van der Waals surface area contributed by atoms with Crippen LogP contribution in [-0.2, 0) is 19.0 Å². The van der Waals surface area contributed by atoms with E-state index in [-0.39, 0.29) is 35.9 Å². The summed E-state index contributed by atoms with van der Waals surface area (Å²) in [5.41, 5.74) is 1.34. The first-order valence-electron chi connectivity index (χ1n) is 12.0. The molecule has 0 bridgehead atoms. The Balaban J connectivity index is 1.30. The van der Waals surface area contributed by atoms with Crippen molar-refractivity contribution in [3.63, 3.8) is 0 Å². The minimum atomic E-state index is -0.300. The Morgan fingerprint density at radius 3 is 2.67 bits per heavy atom. The van der Waals surface area contributed by atoms with Crippen LogP contribution >= 0.6 is 0 Å². The first-order valence-corrected chi connectivity index (χ1v) is 12.0. The van der Waals surface area contributed by atoms with Gasteiger partial charge in [-0.2, -0.15) is 0 Å². The van der Waals surface area contributed by atoms with Crippen LogP contribution in [0.5, 0.6) is 11.5 Å². The van der Waals surface area contributed by atoms with Gasteiger partial charge in [0.15, 0.2) is 17.3 Å². The highest BCUT2D eigenvalue weighted by molar-refractivity contribution is 6.22. The van der Waals surface area contributed by atoms with Gasteiger partial charge in [0.25, 0.3) is 0 Å². The maximum absolute atomic E-state index is 13.5. The number of nitrogens with zero attached hydrogens (tertiary/aromatic N) is 1. The summed E-state index contributed by atoms with van der Waals surface area (Å²) in [5, 5.41) is 0. The molecule has 1 amide bonds. The van der Waals surface area contributed by atoms with Crippen molar-refractivity contribution in [1.82, 2.24) is 4.90 Å². The van der Waals surface area contributed by atoms with Crippen molar-refractivity contribution in [1.29, 1.82) is 0 Å². The number of rotatable bonds is 3. The number of ketones is 1. The Hall–Kier alpha value is -2.74. The van der Waals surface area contributed by atoms with Gasteiger partial charge in [-0.1, -0.05) is 13.0 Å². The van der Waals surface area contributed by atoms with Gasteiger partial charge in [0.2, 0.25) is 0 Å². The number of ether oxygens (including phenoxy) is 5. The molecule has 1 saturated carbocycles. The smallest absolute Gasteiger partial charge is 0.410 e. The fourth-order valence-electron chi connectivity index (χ4n) is 5.12. The van der Waals surface area contributed by atoms with Crippen LogP contribution in [0, 0.1) is 11.8 Å². The molecule has 5 rings (SSSR count). The summed E-state index contributed by atoms with van der Waals surface area (Å²) >= 11 is 0. The average molecular weight is 458 g/mol. The largest absolute Gasteiger partial charge is 0.496 e. The van der Waals surface area contributed by atoms with Crippen LogP contribution in [0.2, 0.25) is 0 Å². The number of fused-ring (bicyclic) bond motifs is 2. The highest BCUT2D eigenvalue weighted by atomic mass is 16.6. The average Bonchev–Trinajstić information content (AvgIpc) is 3.09. The van der Waals surface area contributed by atoms with Crippen LogP contribution in [0.15, 0.2) is 24.5 Å². The molecule has 0 spiro atoms. The van der Waals surface area contributed by atoms with E-state index in [1.807, 2.05) is 18.2 Å². The normalized spacial score (nSPS) is 29.3. The zero-order valence-corrected chi connectivity index (χ0v) is 19.0. The summed E-state index contributed by atoms with van der Waals surface area (Å²) in [7, 11) is 0. The summed E-state index contributed by atoms with van der Waals surface area (Å²) in [6.45, 7) is 5.45. The zero-order chi connectivity index (χ0) is 22.8. The Kier molecular flexibility index (Phi) is 6.44. The van der Waals surface area contributed by atoms with Crippen LogP contribution in [0.3, 0.4) is 0 Å². The molecule has 178 valence electrons. The molecule has 0 radical (unpaired) electrons. The lowest BCUT2D eigenvalue weighted by molar-refractivity contribution is -0.130. The van der Waals surface area contributed by atoms with E-state index < -0.39 is 0 Å². The van der Waals surface area contributed by atoms with Crippen molar-refractivity contribution >= 4 is 17.4 Å². The van der Waals surface area contributed by atoms with Crippen molar-refractivity contribution in [2.45, 2.75) is 44.8 Å². The minimum absolute atomic E-state index is 0.0807. The molecule has 4 atom stereocenters. The predicted octanol–water partition coefficient (Wildman–Crippen LogP) is 3.43. The van der Waals surface area contributed by atoms with Crippen molar-refractivity contribution in [2.24, 2.45) is 11.8 Å². The van der Waals surface area contributed by atoms with Crippen molar-refractivity contribution in [3.8, 4) is 11.5 Å². The molecule has 1 aromatic carbocycles. The molecule has 4 unspecified atom stereocenters. The number of Topliss-reactive ketones (excluding diaryl/α,β-unsaturated/α-hetero) is 1. The molecule has 1 saturated heterocycles. The molecule has 1 aliphatic carbocycles. The number of carbonyl (C=O) groups is 2. The maximum atomic E-state index is 13.5. The van der Waals surface area contributed by atoms with E-state index >= 15 is 0 Å². The molecule has 8 heteroatoms. The van der Waals surface area contributed by atoms with E-state index in [0.29, 0.717) is 69.4 Å². The molecule has 0 N–H and O–H groups in total. The van der Waals surface area contributed by atoms with Crippen molar-refractivity contribution in [3.05, 3.63) is 30.0 Å². The maximum Gasteiger partial charge on any atom is 0.410 e. The van der Waals surface area contributed by atoms with Crippen LogP contribution in [0.25, 0.3) is 5.57 Å². The van der Waals surface area contributed by atoms with Gasteiger partial charge in [0.05, 0.1) is 44.2 Å². The Morgan fingerprint density at radius 2 is 1.88 bits per heavy atom. The molecule has 1 aromatic rings. The summed E-state index contributed by atoms with van der Waals surface area (Å²) in [6, 6.07) is 5.60. The van der Waals surface area contributed by atoms with Gasteiger partial charge in [-0.05, 0) is 36.5 Å². The zero-order valence-electron chi connectivity index (χ0n) is 19.0.